The molecule has 0 radical (unpaired) electrons. The lowest BCUT2D eigenvalue weighted by Gasteiger charge is -2.10. The molecular weight excluding hydrogens is 366 g/mol. The van der Waals surface area contributed by atoms with Crippen molar-refractivity contribution in [3.8, 4) is 28.6 Å². The minimum absolute atomic E-state index is 0.711. The standard InChI is InChI=1S/C21H19N7O/c1-14-11-27(13-22-14)19-9-8-15(10-20(19)29-3)17-12-28(25-24-17)21-23-16-6-4-5-7-18(16)26(21)2/h4-13H,1-3H3. The number of para-hydroxylation sites is 2. The molecule has 144 valence electrons. The Morgan fingerprint density at radius 3 is 2.66 bits per heavy atom. The first kappa shape index (κ1) is 17.2. The second-order valence-electron chi connectivity index (χ2n) is 6.82. The van der Waals surface area contributed by atoms with Crippen molar-refractivity contribution in [1.29, 1.82) is 0 Å². The summed E-state index contributed by atoms with van der Waals surface area (Å²) in [7, 11) is 3.62. The zero-order valence-corrected chi connectivity index (χ0v) is 16.3. The number of methoxy groups -OCH3 is 1. The second-order valence-corrected chi connectivity index (χ2v) is 6.82. The number of aryl methyl sites for hydroxylation is 2. The highest BCUT2D eigenvalue weighted by atomic mass is 16.5. The van der Waals surface area contributed by atoms with E-state index in [0.717, 1.165) is 39.4 Å². The summed E-state index contributed by atoms with van der Waals surface area (Å²) in [5.41, 5.74) is 5.47. The van der Waals surface area contributed by atoms with E-state index in [1.807, 2.05) is 78.0 Å². The van der Waals surface area contributed by atoms with Crippen LogP contribution in [0.15, 0.2) is 61.2 Å². The number of rotatable bonds is 4. The van der Waals surface area contributed by atoms with Gasteiger partial charge in [-0.05, 0) is 31.2 Å². The molecule has 0 atom stereocenters. The van der Waals surface area contributed by atoms with Crippen molar-refractivity contribution >= 4 is 11.0 Å². The molecule has 0 aliphatic rings. The van der Waals surface area contributed by atoms with Gasteiger partial charge in [0.15, 0.2) is 0 Å². The fourth-order valence-corrected chi connectivity index (χ4v) is 3.43. The van der Waals surface area contributed by atoms with E-state index in [9.17, 15) is 0 Å². The van der Waals surface area contributed by atoms with Crippen molar-refractivity contribution in [2.45, 2.75) is 6.92 Å². The molecule has 0 saturated heterocycles. The van der Waals surface area contributed by atoms with Crippen molar-refractivity contribution in [1.82, 2.24) is 34.1 Å². The maximum absolute atomic E-state index is 5.60. The van der Waals surface area contributed by atoms with E-state index >= 15 is 0 Å². The van der Waals surface area contributed by atoms with E-state index in [-0.39, 0.29) is 0 Å². The lowest BCUT2D eigenvalue weighted by atomic mass is 10.1. The van der Waals surface area contributed by atoms with E-state index in [0.29, 0.717) is 5.95 Å². The number of benzene rings is 2. The zero-order chi connectivity index (χ0) is 20.0. The minimum atomic E-state index is 0.711. The first-order valence-electron chi connectivity index (χ1n) is 9.17. The number of fused-ring (bicyclic) bond motifs is 1. The topological polar surface area (TPSA) is 75.6 Å². The first-order chi connectivity index (χ1) is 14.1. The van der Waals surface area contributed by atoms with E-state index in [1.54, 1.807) is 18.1 Å². The molecule has 0 bridgehead atoms. The number of ether oxygens (including phenoxy) is 1. The molecule has 3 aromatic heterocycles. The van der Waals surface area contributed by atoms with Gasteiger partial charge < -0.3 is 13.9 Å². The van der Waals surface area contributed by atoms with Crippen LogP contribution in [0.2, 0.25) is 0 Å². The zero-order valence-electron chi connectivity index (χ0n) is 16.3. The molecule has 5 aromatic rings. The maximum Gasteiger partial charge on any atom is 0.232 e. The second kappa shape index (κ2) is 6.59. The molecule has 8 nitrogen and oxygen atoms in total. The lowest BCUT2D eigenvalue weighted by molar-refractivity contribution is 0.413. The summed E-state index contributed by atoms with van der Waals surface area (Å²) in [5.74, 6) is 1.44. The van der Waals surface area contributed by atoms with Gasteiger partial charge >= 0.3 is 0 Å². The van der Waals surface area contributed by atoms with Crippen LogP contribution in [0.3, 0.4) is 0 Å². The van der Waals surface area contributed by atoms with Crippen LogP contribution in [0.1, 0.15) is 5.69 Å². The summed E-state index contributed by atoms with van der Waals surface area (Å²) >= 11 is 0. The molecule has 29 heavy (non-hydrogen) atoms. The third-order valence-corrected chi connectivity index (χ3v) is 4.93. The molecular formula is C21H19N7O. The monoisotopic (exact) mass is 385 g/mol. The van der Waals surface area contributed by atoms with Crippen molar-refractivity contribution in [2.24, 2.45) is 7.05 Å². The van der Waals surface area contributed by atoms with Gasteiger partial charge in [0.1, 0.15) is 11.4 Å². The predicted molar refractivity (Wildman–Crippen MR) is 109 cm³/mol. The van der Waals surface area contributed by atoms with Crippen LogP contribution in [0, 0.1) is 6.92 Å². The SMILES string of the molecule is COc1cc(-c2cn(-c3nc4ccccc4n3C)nn2)ccc1-n1cnc(C)c1. The summed E-state index contributed by atoms with van der Waals surface area (Å²) in [5, 5.41) is 8.63. The van der Waals surface area contributed by atoms with Gasteiger partial charge in [-0.3, -0.25) is 0 Å². The van der Waals surface area contributed by atoms with Crippen LogP contribution < -0.4 is 4.74 Å². The van der Waals surface area contributed by atoms with Gasteiger partial charge in [0.05, 0.1) is 42.0 Å². The van der Waals surface area contributed by atoms with Crippen molar-refractivity contribution in [2.75, 3.05) is 7.11 Å². The Bertz CT molecular complexity index is 1330. The summed E-state index contributed by atoms with van der Waals surface area (Å²) in [6, 6.07) is 13.9. The van der Waals surface area contributed by atoms with Gasteiger partial charge in [-0.1, -0.05) is 23.4 Å². The molecule has 0 amide bonds. The molecule has 0 unspecified atom stereocenters. The normalized spacial score (nSPS) is 11.3. The quantitative estimate of drug-likeness (QED) is 0.474. The van der Waals surface area contributed by atoms with Crippen LogP contribution in [0.25, 0.3) is 33.9 Å². The van der Waals surface area contributed by atoms with E-state index in [1.165, 1.54) is 0 Å². The Labute approximate surface area is 167 Å². The fraction of sp³-hybridized carbons (Fsp3) is 0.143. The molecule has 8 heteroatoms. The predicted octanol–water partition coefficient (Wildman–Crippen LogP) is 3.32. The number of hydrogen-bond acceptors (Lipinski definition) is 5. The minimum Gasteiger partial charge on any atom is -0.495 e. The number of aromatic nitrogens is 7. The average Bonchev–Trinajstić information content (AvgIpc) is 3.47. The highest BCUT2D eigenvalue weighted by Crippen LogP contribution is 2.29. The van der Waals surface area contributed by atoms with Crippen LogP contribution in [0.4, 0.5) is 0 Å². The van der Waals surface area contributed by atoms with Gasteiger partial charge in [-0.25, -0.2) is 9.97 Å². The average molecular weight is 385 g/mol. The Balaban J connectivity index is 1.54. The smallest absolute Gasteiger partial charge is 0.232 e. The highest BCUT2D eigenvalue weighted by molar-refractivity contribution is 5.77. The molecule has 0 aliphatic heterocycles. The summed E-state index contributed by atoms with van der Waals surface area (Å²) in [6.45, 7) is 1.96. The third-order valence-electron chi connectivity index (χ3n) is 4.93. The van der Waals surface area contributed by atoms with Gasteiger partial charge in [0.25, 0.3) is 0 Å². The molecule has 0 saturated carbocycles. The van der Waals surface area contributed by atoms with Crippen LogP contribution >= 0.6 is 0 Å². The fourth-order valence-electron chi connectivity index (χ4n) is 3.43. The summed E-state index contributed by atoms with van der Waals surface area (Å²) in [6.07, 6.45) is 5.60. The van der Waals surface area contributed by atoms with Crippen molar-refractivity contribution < 1.29 is 4.74 Å². The van der Waals surface area contributed by atoms with E-state index in [4.69, 9.17) is 4.74 Å². The summed E-state index contributed by atoms with van der Waals surface area (Å²) in [4.78, 5) is 8.95. The van der Waals surface area contributed by atoms with Crippen LogP contribution in [0.5, 0.6) is 5.75 Å². The molecule has 5 rings (SSSR count). The molecule has 0 aliphatic carbocycles. The van der Waals surface area contributed by atoms with Crippen LogP contribution in [-0.2, 0) is 7.05 Å². The van der Waals surface area contributed by atoms with E-state index < -0.39 is 0 Å². The molecule has 0 N–H and O–H groups in total. The molecule has 0 spiro atoms. The molecule has 2 aromatic carbocycles. The summed E-state index contributed by atoms with van der Waals surface area (Å²) < 4.78 is 11.2. The number of hydrogen-bond donors (Lipinski definition) is 0. The Kier molecular flexibility index (Phi) is 3.90. The Morgan fingerprint density at radius 1 is 1.03 bits per heavy atom. The number of imidazole rings is 2. The highest BCUT2D eigenvalue weighted by Gasteiger charge is 2.14. The maximum atomic E-state index is 5.60. The Morgan fingerprint density at radius 2 is 1.90 bits per heavy atom. The van der Waals surface area contributed by atoms with Gasteiger partial charge in [0, 0.05) is 18.8 Å². The molecule has 3 heterocycles. The Hall–Kier alpha value is -3.94. The van der Waals surface area contributed by atoms with Gasteiger partial charge in [-0.2, -0.15) is 4.68 Å². The van der Waals surface area contributed by atoms with Gasteiger partial charge in [-0.15, -0.1) is 5.10 Å². The largest absolute Gasteiger partial charge is 0.495 e. The first-order valence-corrected chi connectivity index (χ1v) is 9.17. The van der Waals surface area contributed by atoms with Crippen molar-refractivity contribution in [3.05, 3.63) is 66.9 Å². The van der Waals surface area contributed by atoms with E-state index in [2.05, 4.69) is 20.3 Å². The lowest BCUT2D eigenvalue weighted by Crippen LogP contribution is -2.03. The third kappa shape index (κ3) is 2.85. The molecule has 0 fully saturated rings. The number of nitrogens with zero attached hydrogens (tertiary/aromatic N) is 7. The van der Waals surface area contributed by atoms with Crippen LogP contribution in [-0.4, -0.2) is 41.2 Å². The van der Waals surface area contributed by atoms with Gasteiger partial charge in [0.2, 0.25) is 5.95 Å². The van der Waals surface area contributed by atoms with Crippen molar-refractivity contribution in [3.63, 3.8) is 0 Å².